The smallest absolute Gasteiger partial charge is 0.206 e. The molecular weight excluding hydrogens is 281 g/mol. The van der Waals surface area contributed by atoms with Gasteiger partial charge in [-0.3, -0.25) is 0 Å². The van der Waals surface area contributed by atoms with Gasteiger partial charge in [0, 0.05) is 13.1 Å². The Kier molecular flexibility index (Phi) is 4.58. The molecule has 0 N–H and O–H groups in total. The van der Waals surface area contributed by atoms with E-state index in [2.05, 4.69) is 0 Å². The van der Waals surface area contributed by atoms with E-state index < -0.39 is 40.3 Å². The molecule has 9 heteroatoms. The maximum absolute atomic E-state index is 12.6. The summed E-state index contributed by atoms with van der Waals surface area (Å²) in [6.45, 7) is 0.430. The summed E-state index contributed by atoms with van der Waals surface area (Å²) in [5.74, 6) is -6.09. The van der Waals surface area contributed by atoms with Crippen LogP contribution in [0.3, 0.4) is 0 Å². The lowest BCUT2D eigenvalue weighted by Gasteiger charge is -2.37. The number of sulfonamides is 1. The Morgan fingerprint density at radius 2 is 1.83 bits per heavy atom. The van der Waals surface area contributed by atoms with E-state index in [9.17, 15) is 30.4 Å². The van der Waals surface area contributed by atoms with Gasteiger partial charge in [0.1, 0.15) is 0 Å². The van der Waals surface area contributed by atoms with Crippen molar-refractivity contribution in [2.75, 3.05) is 13.1 Å². The second-order valence-corrected chi connectivity index (χ2v) is 6.27. The molecule has 3 nitrogen and oxygen atoms in total. The van der Waals surface area contributed by atoms with Gasteiger partial charge in [0.25, 0.3) is 10.0 Å². The Morgan fingerprint density at radius 3 is 2.22 bits per heavy atom. The minimum Gasteiger partial charge on any atom is -0.206 e. The number of piperidine rings is 1. The van der Waals surface area contributed by atoms with Crippen molar-refractivity contribution in [1.82, 2.24) is 4.31 Å². The Bertz CT molecular complexity index is 381. The zero-order valence-corrected chi connectivity index (χ0v) is 10.4. The van der Waals surface area contributed by atoms with Gasteiger partial charge in [-0.05, 0) is 12.3 Å². The van der Waals surface area contributed by atoms with Gasteiger partial charge in [-0.2, -0.15) is 26.3 Å². The van der Waals surface area contributed by atoms with E-state index >= 15 is 0 Å². The fourth-order valence-electron chi connectivity index (χ4n) is 2.01. The fraction of sp³-hybridized carbons (Fsp3) is 1.00. The van der Waals surface area contributed by atoms with Crippen molar-refractivity contribution in [1.29, 1.82) is 0 Å². The molecule has 0 aromatic heterocycles. The van der Waals surface area contributed by atoms with E-state index in [0.29, 0.717) is 6.42 Å². The monoisotopic (exact) mass is 295 g/mol. The molecule has 0 spiro atoms. The second-order valence-electron chi connectivity index (χ2n) is 4.37. The van der Waals surface area contributed by atoms with E-state index in [-0.39, 0.29) is 17.3 Å². The third kappa shape index (κ3) is 3.31. The molecule has 0 aromatic rings. The summed E-state index contributed by atoms with van der Waals surface area (Å²) in [5.41, 5.74) is 0. The number of hydrogen-bond donors (Lipinski definition) is 0. The Morgan fingerprint density at radius 1 is 1.28 bits per heavy atom. The molecule has 0 bridgehead atoms. The summed E-state index contributed by atoms with van der Waals surface area (Å²) in [5, 5.41) is 0. The van der Waals surface area contributed by atoms with Gasteiger partial charge in [-0.25, -0.2) is 8.42 Å². The maximum Gasteiger partial charge on any atom is 0.393 e. The second kappa shape index (κ2) is 5.28. The summed E-state index contributed by atoms with van der Waals surface area (Å²) in [6, 6.07) is 0. The van der Waals surface area contributed by atoms with Crippen molar-refractivity contribution in [2.45, 2.75) is 31.7 Å². The van der Waals surface area contributed by atoms with Crippen LogP contribution in [0.15, 0.2) is 0 Å². The Hall–Kier alpha value is -0.440. The molecule has 2 unspecified atom stereocenters. The first-order valence-electron chi connectivity index (χ1n) is 5.42. The van der Waals surface area contributed by atoms with E-state index in [1.165, 1.54) is 0 Å². The number of nitrogens with zero attached hydrogens (tertiary/aromatic N) is 1. The summed E-state index contributed by atoms with van der Waals surface area (Å²) in [4.78, 5) is 0. The van der Waals surface area contributed by atoms with Crippen molar-refractivity contribution in [2.24, 2.45) is 11.8 Å². The first kappa shape index (κ1) is 15.6. The molecule has 108 valence electrons. The highest BCUT2D eigenvalue weighted by molar-refractivity contribution is 7.89. The lowest BCUT2D eigenvalue weighted by atomic mass is 9.88. The normalized spacial score (nSPS) is 27.7. The Labute approximate surface area is 102 Å². The largest absolute Gasteiger partial charge is 0.393 e. The van der Waals surface area contributed by atoms with E-state index in [1.54, 1.807) is 6.92 Å². The first-order valence-corrected chi connectivity index (χ1v) is 6.93. The van der Waals surface area contributed by atoms with Crippen LogP contribution in [0, 0.1) is 11.8 Å². The predicted molar refractivity (Wildman–Crippen MR) is 54.4 cm³/mol. The zero-order chi connectivity index (χ0) is 14.1. The van der Waals surface area contributed by atoms with Gasteiger partial charge in [0.05, 0.1) is 5.92 Å². The molecule has 0 radical (unpaired) electrons. The van der Waals surface area contributed by atoms with Gasteiger partial charge in [-0.1, -0.05) is 13.3 Å². The van der Waals surface area contributed by atoms with Gasteiger partial charge in [0.2, 0.25) is 0 Å². The molecule has 1 saturated heterocycles. The van der Waals surface area contributed by atoms with Gasteiger partial charge in [0.15, 0.2) is 0 Å². The average molecular weight is 295 g/mol. The third-order valence-corrected chi connectivity index (χ3v) is 4.60. The van der Waals surface area contributed by atoms with Gasteiger partial charge < -0.3 is 0 Å². The number of rotatable bonds is 3. The molecule has 0 aromatic carbocycles. The highest BCUT2D eigenvalue weighted by atomic mass is 32.2. The van der Waals surface area contributed by atoms with Crippen LogP contribution in [0.1, 0.15) is 19.8 Å². The molecule has 0 amide bonds. The van der Waals surface area contributed by atoms with Gasteiger partial charge in [-0.15, -0.1) is 0 Å². The number of halogens is 5. The SMILES string of the molecule is CCC1CC(C(F)(F)F)CN(S(=O)(=O)C(F)F)C1. The topological polar surface area (TPSA) is 37.4 Å². The minimum atomic E-state index is -4.94. The molecule has 2 atom stereocenters. The summed E-state index contributed by atoms with van der Waals surface area (Å²) < 4.78 is 85.2. The van der Waals surface area contributed by atoms with Crippen LogP contribution >= 0.6 is 0 Å². The predicted octanol–water partition coefficient (Wildman–Crippen LogP) is 2.45. The highest BCUT2D eigenvalue weighted by Crippen LogP contribution is 2.37. The molecule has 18 heavy (non-hydrogen) atoms. The molecular formula is C9H14F5NO2S. The van der Waals surface area contributed by atoms with E-state index in [1.807, 2.05) is 0 Å². The lowest BCUT2D eigenvalue weighted by molar-refractivity contribution is -0.187. The molecule has 1 aliphatic rings. The van der Waals surface area contributed by atoms with Gasteiger partial charge >= 0.3 is 11.9 Å². The van der Waals surface area contributed by atoms with Crippen LogP contribution in [-0.2, 0) is 10.0 Å². The zero-order valence-electron chi connectivity index (χ0n) is 9.62. The lowest BCUT2D eigenvalue weighted by Crippen LogP contribution is -2.49. The first-order chi connectivity index (χ1) is 8.09. The van der Waals surface area contributed by atoms with Crippen LogP contribution in [0.5, 0.6) is 0 Å². The quantitative estimate of drug-likeness (QED) is 0.750. The van der Waals surface area contributed by atoms with E-state index in [0.717, 1.165) is 0 Å². The molecule has 0 saturated carbocycles. The molecule has 1 rings (SSSR count). The van der Waals surface area contributed by atoms with Crippen molar-refractivity contribution in [3.8, 4) is 0 Å². The van der Waals surface area contributed by atoms with Crippen molar-refractivity contribution < 1.29 is 30.4 Å². The molecule has 0 aliphatic carbocycles. The molecule has 1 fully saturated rings. The van der Waals surface area contributed by atoms with Crippen molar-refractivity contribution in [3.05, 3.63) is 0 Å². The summed E-state index contributed by atoms with van der Waals surface area (Å²) in [6.07, 6.45) is -4.46. The average Bonchev–Trinajstić information content (AvgIpc) is 2.26. The number of alkyl halides is 5. The maximum atomic E-state index is 12.6. The molecule has 1 heterocycles. The minimum absolute atomic E-state index is 0.213. The van der Waals surface area contributed by atoms with Crippen LogP contribution in [0.2, 0.25) is 0 Å². The third-order valence-electron chi connectivity index (χ3n) is 3.13. The van der Waals surface area contributed by atoms with Crippen molar-refractivity contribution in [3.63, 3.8) is 0 Å². The van der Waals surface area contributed by atoms with E-state index in [4.69, 9.17) is 0 Å². The molecule has 1 aliphatic heterocycles. The van der Waals surface area contributed by atoms with Crippen molar-refractivity contribution >= 4 is 10.0 Å². The van der Waals surface area contributed by atoms with Crippen LogP contribution in [0.25, 0.3) is 0 Å². The Balaban J connectivity index is 2.94. The summed E-state index contributed by atoms with van der Waals surface area (Å²) >= 11 is 0. The summed E-state index contributed by atoms with van der Waals surface area (Å²) in [7, 11) is -4.94. The standard InChI is InChI=1S/C9H14F5NO2S/c1-2-6-3-7(9(12,13)14)5-15(4-6)18(16,17)8(10)11/h6-8H,2-5H2,1H3. The van der Waals surface area contributed by atoms with Crippen LogP contribution in [0.4, 0.5) is 22.0 Å². The number of hydrogen-bond acceptors (Lipinski definition) is 2. The highest BCUT2D eigenvalue weighted by Gasteiger charge is 2.47. The van der Waals surface area contributed by atoms with Crippen LogP contribution in [-0.4, -0.2) is 37.7 Å². The fourth-order valence-corrected chi connectivity index (χ4v) is 3.04. The van der Waals surface area contributed by atoms with Crippen LogP contribution < -0.4 is 0 Å².